The number of carbonyl (C=O) groups excluding carboxylic acids is 2. The van der Waals surface area contributed by atoms with Crippen LogP contribution in [0.4, 0.5) is 0 Å². The third-order valence-corrected chi connectivity index (χ3v) is 8.45. The highest BCUT2D eigenvalue weighted by Crippen LogP contribution is 2.45. The number of hydrogen-bond donors (Lipinski definition) is 2. The number of likely N-dealkylation sites (tertiary alicyclic amines) is 1. The van der Waals surface area contributed by atoms with Crippen LogP contribution in [0.25, 0.3) is 11.1 Å². The van der Waals surface area contributed by atoms with Crippen LogP contribution in [0.2, 0.25) is 0 Å². The van der Waals surface area contributed by atoms with Crippen molar-refractivity contribution >= 4 is 11.8 Å². The van der Waals surface area contributed by atoms with Gasteiger partial charge in [0.1, 0.15) is 0 Å². The van der Waals surface area contributed by atoms with Crippen molar-refractivity contribution in [1.29, 1.82) is 0 Å². The van der Waals surface area contributed by atoms with Gasteiger partial charge < -0.3 is 34.3 Å². The Morgan fingerprint density at radius 2 is 1.88 bits per heavy atom. The Kier molecular flexibility index (Phi) is 11.2. The number of fused-ring (bicyclic) bond motifs is 3. The van der Waals surface area contributed by atoms with Crippen LogP contribution in [-0.4, -0.2) is 87.4 Å². The summed E-state index contributed by atoms with van der Waals surface area (Å²) in [4.78, 5) is 27.2. The van der Waals surface area contributed by atoms with Crippen molar-refractivity contribution in [2.45, 2.75) is 51.2 Å². The van der Waals surface area contributed by atoms with Crippen molar-refractivity contribution in [2.24, 2.45) is 5.92 Å². The van der Waals surface area contributed by atoms with Crippen molar-refractivity contribution in [3.8, 4) is 11.1 Å². The van der Waals surface area contributed by atoms with Crippen LogP contribution in [0, 0.1) is 5.92 Å². The molecule has 2 N–H and O–H groups in total. The Labute approximate surface area is 254 Å². The van der Waals surface area contributed by atoms with Gasteiger partial charge in [-0.1, -0.05) is 42.5 Å². The highest BCUT2D eigenvalue weighted by Gasteiger charge is 2.39. The molecule has 2 heterocycles. The Morgan fingerprint density at radius 3 is 2.67 bits per heavy atom. The minimum atomic E-state index is -0.614. The maximum Gasteiger partial charge on any atom is 0.286 e. The van der Waals surface area contributed by atoms with Gasteiger partial charge in [-0.2, -0.15) is 0 Å². The summed E-state index contributed by atoms with van der Waals surface area (Å²) < 4.78 is 23.6. The van der Waals surface area contributed by atoms with Gasteiger partial charge in [0.05, 0.1) is 26.4 Å². The van der Waals surface area contributed by atoms with E-state index in [0.29, 0.717) is 65.4 Å². The number of carbonyl (C=O) groups is 2. The Morgan fingerprint density at radius 1 is 1.07 bits per heavy atom. The van der Waals surface area contributed by atoms with E-state index >= 15 is 0 Å². The van der Waals surface area contributed by atoms with Gasteiger partial charge in [-0.15, -0.1) is 0 Å². The molecule has 3 atom stereocenters. The smallest absolute Gasteiger partial charge is 0.286 e. The monoisotopic (exact) mass is 592 g/mol. The summed E-state index contributed by atoms with van der Waals surface area (Å²) in [5, 5.41) is 11.9. The molecule has 0 unspecified atom stereocenters. The SMILES string of the molecule is CCO[C@@H]1OC(C(=O)NCCCN2CCCC2=O)=C[C@H](c2cccc3c2Cc2ccccc2-3)[C@@H]1CCOCCOCCO. The summed E-state index contributed by atoms with van der Waals surface area (Å²) in [5.74, 6) is -0.00671. The summed E-state index contributed by atoms with van der Waals surface area (Å²) in [6.45, 7) is 5.89. The van der Waals surface area contributed by atoms with E-state index in [2.05, 4.69) is 47.8 Å². The molecule has 5 rings (SSSR count). The summed E-state index contributed by atoms with van der Waals surface area (Å²) in [6, 6.07) is 15.0. The summed E-state index contributed by atoms with van der Waals surface area (Å²) >= 11 is 0. The molecule has 0 spiro atoms. The quantitative estimate of drug-likeness (QED) is 0.244. The molecule has 1 aliphatic carbocycles. The predicted molar refractivity (Wildman–Crippen MR) is 162 cm³/mol. The maximum atomic E-state index is 13.4. The number of nitrogens with zero attached hydrogens (tertiary/aromatic N) is 1. The molecule has 1 fully saturated rings. The van der Waals surface area contributed by atoms with Crippen LogP contribution in [0.15, 0.2) is 54.3 Å². The van der Waals surface area contributed by atoms with E-state index in [-0.39, 0.29) is 36.0 Å². The summed E-state index contributed by atoms with van der Waals surface area (Å²) in [5.41, 5.74) is 6.25. The van der Waals surface area contributed by atoms with Crippen molar-refractivity contribution in [3.63, 3.8) is 0 Å². The van der Waals surface area contributed by atoms with Gasteiger partial charge in [0.25, 0.3) is 5.91 Å². The predicted octanol–water partition coefficient (Wildman–Crippen LogP) is 3.78. The van der Waals surface area contributed by atoms with E-state index in [1.54, 1.807) is 0 Å². The van der Waals surface area contributed by atoms with Crippen molar-refractivity contribution < 1.29 is 33.6 Å². The number of amides is 2. The van der Waals surface area contributed by atoms with Gasteiger partial charge in [0.15, 0.2) is 5.76 Å². The molecule has 0 saturated carbocycles. The number of benzene rings is 2. The highest BCUT2D eigenvalue weighted by atomic mass is 16.7. The van der Waals surface area contributed by atoms with E-state index < -0.39 is 6.29 Å². The molecular weight excluding hydrogens is 548 g/mol. The molecule has 0 bridgehead atoms. The number of aliphatic hydroxyl groups is 1. The van der Waals surface area contributed by atoms with Crippen LogP contribution >= 0.6 is 0 Å². The van der Waals surface area contributed by atoms with Crippen LogP contribution < -0.4 is 5.32 Å². The van der Waals surface area contributed by atoms with Gasteiger partial charge in [-0.05, 0) is 66.5 Å². The standard InChI is InChI=1S/C34H44N2O7/c1-2-42-34-28(13-18-40-20-21-41-19-17-37)30(27-11-5-10-26-25-9-4-3-8-24(25)22-29(26)27)23-31(43-34)33(39)35-14-7-16-36-15-6-12-32(36)38/h3-5,8-11,23,28,30,34,37H,2,6-7,12-22H2,1H3,(H,35,39)/t28-,30+,34+/m0/s1. The number of rotatable bonds is 16. The fourth-order valence-electron chi connectivity index (χ4n) is 6.39. The number of ether oxygens (including phenoxy) is 4. The fraction of sp³-hybridized carbons (Fsp3) is 0.529. The lowest BCUT2D eigenvalue weighted by Gasteiger charge is -2.37. The van der Waals surface area contributed by atoms with Gasteiger partial charge in [0.2, 0.25) is 12.2 Å². The second-order valence-electron chi connectivity index (χ2n) is 11.2. The maximum absolute atomic E-state index is 13.4. The van der Waals surface area contributed by atoms with Crippen LogP contribution in [-0.2, 0) is 35.0 Å². The molecule has 1 saturated heterocycles. The Hall–Kier alpha value is -3.24. The molecule has 3 aliphatic rings. The molecule has 9 heteroatoms. The average molecular weight is 593 g/mol. The fourth-order valence-corrected chi connectivity index (χ4v) is 6.39. The number of hydrogen-bond acceptors (Lipinski definition) is 7. The molecule has 2 aromatic rings. The number of nitrogens with one attached hydrogen (secondary N) is 1. The van der Waals surface area contributed by atoms with Gasteiger partial charge in [0, 0.05) is 51.1 Å². The topological polar surface area (TPSA) is 107 Å². The molecule has 9 nitrogen and oxygen atoms in total. The summed E-state index contributed by atoms with van der Waals surface area (Å²) in [6.07, 6.45) is 5.07. The minimum Gasteiger partial charge on any atom is -0.459 e. The largest absolute Gasteiger partial charge is 0.459 e. The molecule has 2 amide bonds. The van der Waals surface area contributed by atoms with Crippen molar-refractivity contribution in [1.82, 2.24) is 10.2 Å². The van der Waals surface area contributed by atoms with E-state index in [1.807, 2.05) is 17.9 Å². The zero-order valence-corrected chi connectivity index (χ0v) is 25.1. The lowest BCUT2D eigenvalue weighted by molar-refractivity contribution is -0.168. The number of allylic oxidation sites excluding steroid dienone is 1. The van der Waals surface area contributed by atoms with Crippen LogP contribution in [0.3, 0.4) is 0 Å². The Bertz CT molecular complexity index is 1280. The molecule has 43 heavy (non-hydrogen) atoms. The molecule has 2 aromatic carbocycles. The van der Waals surface area contributed by atoms with E-state index in [0.717, 1.165) is 19.4 Å². The van der Waals surface area contributed by atoms with Gasteiger partial charge in [-0.3, -0.25) is 9.59 Å². The number of aliphatic hydroxyl groups excluding tert-OH is 1. The van der Waals surface area contributed by atoms with E-state index in [9.17, 15) is 9.59 Å². The minimum absolute atomic E-state index is 0.0112. The average Bonchev–Trinajstić information content (AvgIpc) is 3.62. The van der Waals surface area contributed by atoms with Gasteiger partial charge in [-0.25, -0.2) is 0 Å². The zero-order valence-electron chi connectivity index (χ0n) is 25.1. The van der Waals surface area contributed by atoms with Crippen LogP contribution in [0.5, 0.6) is 0 Å². The third-order valence-electron chi connectivity index (χ3n) is 8.45. The van der Waals surface area contributed by atoms with Gasteiger partial charge >= 0.3 is 0 Å². The lowest BCUT2D eigenvalue weighted by atomic mass is 9.78. The normalized spacial score (nSPS) is 20.9. The first kappa shape index (κ1) is 31.2. The Balaban J connectivity index is 1.35. The molecular formula is C34H44N2O7. The van der Waals surface area contributed by atoms with E-state index in [1.165, 1.54) is 27.8 Å². The molecule has 2 aliphatic heterocycles. The summed E-state index contributed by atoms with van der Waals surface area (Å²) in [7, 11) is 0. The molecule has 0 radical (unpaired) electrons. The second kappa shape index (κ2) is 15.5. The second-order valence-corrected chi connectivity index (χ2v) is 11.2. The zero-order chi connectivity index (χ0) is 30.0. The van der Waals surface area contributed by atoms with Crippen molar-refractivity contribution in [3.05, 3.63) is 71.0 Å². The van der Waals surface area contributed by atoms with Crippen LogP contribution in [0.1, 0.15) is 55.2 Å². The third kappa shape index (κ3) is 7.65. The highest BCUT2D eigenvalue weighted by molar-refractivity contribution is 5.91. The van der Waals surface area contributed by atoms with Crippen molar-refractivity contribution in [2.75, 3.05) is 59.3 Å². The first-order chi connectivity index (χ1) is 21.1. The van der Waals surface area contributed by atoms with E-state index in [4.69, 9.17) is 24.1 Å². The first-order valence-electron chi connectivity index (χ1n) is 15.6. The molecule has 0 aromatic heterocycles. The molecule has 232 valence electrons. The first-order valence-corrected chi connectivity index (χ1v) is 15.6. The lowest BCUT2D eigenvalue weighted by Crippen LogP contribution is -2.40.